The fraction of sp³-hybridized carbons (Fsp3) is 0.400. The Hall–Kier alpha value is -3.74. The molecule has 7 heteroatoms. The Morgan fingerprint density at radius 3 is 2.54 bits per heavy atom. The van der Waals surface area contributed by atoms with Crippen LogP contribution in [-0.2, 0) is 45.7 Å². The van der Waals surface area contributed by atoms with Crippen molar-refractivity contribution in [2.75, 3.05) is 7.05 Å². The van der Waals surface area contributed by atoms with Crippen molar-refractivity contribution >= 4 is 17.7 Å². The van der Waals surface area contributed by atoms with Gasteiger partial charge in [-0.25, -0.2) is 0 Å². The summed E-state index contributed by atoms with van der Waals surface area (Å²) in [4.78, 5) is 43.9. The maximum Gasteiger partial charge on any atom is 0.241 e. The lowest BCUT2D eigenvalue weighted by Gasteiger charge is -2.30. The number of fused-ring (bicyclic) bond motifs is 1. The van der Waals surface area contributed by atoms with Crippen molar-refractivity contribution in [3.8, 4) is 0 Å². The first kappa shape index (κ1) is 24.9. The second kappa shape index (κ2) is 10.3. The van der Waals surface area contributed by atoms with Crippen molar-refractivity contribution < 1.29 is 14.4 Å². The van der Waals surface area contributed by atoms with Crippen molar-refractivity contribution in [1.29, 1.82) is 0 Å². The smallest absolute Gasteiger partial charge is 0.241 e. The fourth-order valence-electron chi connectivity index (χ4n) is 5.84. The van der Waals surface area contributed by atoms with Crippen LogP contribution in [0, 0.1) is 6.92 Å². The van der Waals surface area contributed by atoms with Crippen molar-refractivity contribution in [3.63, 3.8) is 0 Å². The Morgan fingerprint density at radius 1 is 1.03 bits per heavy atom. The maximum absolute atomic E-state index is 14.0. The highest BCUT2D eigenvalue weighted by Gasteiger charge is 2.54. The van der Waals surface area contributed by atoms with Crippen LogP contribution in [0.15, 0.2) is 54.6 Å². The summed E-state index contributed by atoms with van der Waals surface area (Å²) in [5.74, 6) is -0.715. The molecule has 1 fully saturated rings. The summed E-state index contributed by atoms with van der Waals surface area (Å²) in [5, 5.41) is 7.69. The van der Waals surface area contributed by atoms with Crippen LogP contribution in [-0.4, -0.2) is 44.8 Å². The molecular weight excluding hydrogens is 464 g/mol. The molecule has 0 spiro atoms. The molecule has 1 atom stereocenters. The van der Waals surface area contributed by atoms with Crippen LogP contribution in [0.1, 0.15) is 65.7 Å². The lowest BCUT2D eigenvalue weighted by molar-refractivity contribution is -0.143. The SMILES string of the molecule is Cc1ccccc1C1(CC(=O)N(C)Cc2n[nH]c3c2CCCCC3)CC(=O)N(Cc2ccccc2)C1=O. The van der Waals surface area contributed by atoms with E-state index in [1.807, 2.05) is 61.5 Å². The van der Waals surface area contributed by atoms with E-state index in [9.17, 15) is 14.4 Å². The number of carbonyl (C=O) groups excluding carboxylic acids is 3. The Kier molecular flexibility index (Phi) is 6.96. The average Bonchev–Trinajstić information content (AvgIpc) is 3.25. The fourth-order valence-corrected chi connectivity index (χ4v) is 5.84. The zero-order valence-electron chi connectivity index (χ0n) is 21.6. The number of aromatic amines is 1. The van der Waals surface area contributed by atoms with Gasteiger partial charge in [-0.2, -0.15) is 5.10 Å². The Labute approximate surface area is 217 Å². The topological polar surface area (TPSA) is 86.4 Å². The highest BCUT2D eigenvalue weighted by Crippen LogP contribution is 2.42. The Balaban J connectivity index is 1.42. The Bertz CT molecular complexity index is 1320. The lowest BCUT2D eigenvalue weighted by Crippen LogP contribution is -2.43. The van der Waals surface area contributed by atoms with Gasteiger partial charge in [0.25, 0.3) is 0 Å². The monoisotopic (exact) mass is 498 g/mol. The summed E-state index contributed by atoms with van der Waals surface area (Å²) < 4.78 is 0. The summed E-state index contributed by atoms with van der Waals surface area (Å²) >= 11 is 0. The van der Waals surface area contributed by atoms with Crippen molar-refractivity contribution in [2.45, 2.75) is 70.4 Å². The summed E-state index contributed by atoms with van der Waals surface area (Å²) in [5.41, 5.74) is 4.62. The number of aromatic nitrogens is 2. The first-order valence-corrected chi connectivity index (χ1v) is 13.1. The quantitative estimate of drug-likeness (QED) is 0.390. The van der Waals surface area contributed by atoms with Crippen LogP contribution in [0.3, 0.4) is 0 Å². The molecule has 2 aliphatic rings. The number of amides is 3. The molecule has 1 aromatic heterocycles. The standard InChI is InChI=1S/C30H34N4O3/c1-21-11-9-10-15-24(21)30(18-28(36)34(29(30)37)19-22-12-5-3-6-13-22)17-27(35)33(2)20-26-23-14-7-4-8-16-25(23)31-32-26/h3,5-6,9-13,15H,4,7-8,14,16-20H2,1-2H3,(H,31,32). The van der Waals surface area contributed by atoms with E-state index in [1.165, 1.54) is 22.6 Å². The second-order valence-corrected chi connectivity index (χ2v) is 10.5. The van der Waals surface area contributed by atoms with E-state index in [0.29, 0.717) is 6.54 Å². The van der Waals surface area contributed by atoms with E-state index in [0.717, 1.165) is 48.1 Å². The molecule has 0 radical (unpaired) electrons. The average molecular weight is 499 g/mol. The zero-order valence-corrected chi connectivity index (χ0v) is 21.6. The van der Waals surface area contributed by atoms with Crippen molar-refractivity contribution in [3.05, 3.63) is 88.2 Å². The summed E-state index contributed by atoms with van der Waals surface area (Å²) in [7, 11) is 1.76. The van der Waals surface area contributed by atoms with Crippen LogP contribution >= 0.6 is 0 Å². The lowest BCUT2D eigenvalue weighted by atomic mass is 9.74. The van der Waals surface area contributed by atoms with Crippen LogP contribution in [0.4, 0.5) is 0 Å². The molecule has 5 rings (SSSR count). The molecule has 2 heterocycles. The van der Waals surface area contributed by atoms with Gasteiger partial charge in [-0.1, -0.05) is 61.0 Å². The molecule has 192 valence electrons. The van der Waals surface area contributed by atoms with Gasteiger partial charge >= 0.3 is 0 Å². The van der Waals surface area contributed by atoms with E-state index in [-0.39, 0.29) is 37.1 Å². The molecular formula is C30H34N4O3. The second-order valence-electron chi connectivity index (χ2n) is 10.5. The molecule has 1 aliphatic carbocycles. The van der Waals surface area contributed by atoms with E-state index >= 15 is 0 Å². The third-order valence-electron chi connectivity index (χ3n) is 7.91. The number of hydrogen-bond acceptors (Lipinski definition) is 4. The van der Waals surface area contributed by atoms with Crippen molar-refractivity contribution in [1.82, 2.24) is 20.0 Å². The van der Waals surface area contributed by atoms with E-state index in [2.05, 4.69) is 10.2 Å². The van der Waals surface area contributed by atoms with E-state index in [1.54, 1.807) is 11.9 Å². The molecule has 7 nitrogen and oxygen atoms in total. The Morgan fingerprint density at radius 2 is 1.76 bits per heavy atom. The van der Waals surface area contributed by atoms with Gasteiger partial charge in [0.2, 0.25) is 17.7 Å². The number of likely N-dealkylation sites (tertiary alicyclic amines) is 1. The molecule has 37 heavy (non-hydrogen) atoms. The summed E-state index contributed by atoms with van der Waals surface area (Å²) in [6, 6.07) is 17.1. The molecule has 1 aliphatic heterocycles. The van der Waals surface area contributed by atoms with Gasteiger partial charge in [-0.15, -0.1) is 0 Å². The minimum absolute atomic E-state index is 0.0130. The van der Waals surface area contributed by atoms with Crippen molar-refractivity contribution in [2.24, 2.45) is 0 Å². The van der Waals surface area contributed by atoms with Crippen LogP contribution in [0.25, 0.3) is 0 Å². The van der Waals surface area contributed by atoms with Crippen LogP contribution in [0.5, 0.6) is 0 Å². The number of nitrogens with one attached hydrogen (secondary N) is 1. The van der Waals surface area contributed by atoms with Gasteiger partial charge in [-0.3, -0.25) is 24.4 Å². The zero-order chi connectivity index (χ0) is 26.0. The molecule has 0 saturated carbocycles. The number of rotatable bonds is 7. The summed E-state index contributed by atoms with van der Waals surface area (Å²) in [6.07, 6.45) is 5.37. The third kappa shape index (κ3) is 4.82. The van der Waals surface area contributed by atoms with E-state index in [4.69, 9.17) is 0 Å². The molecule has 2 aromatic carbocycles. The minimum atomic E-state index is -1.22. The number of carbonyl (C=O) groups is 3. The van der Waals surface area contributed by atoms with Gasteiger partial charge in [0.1, 0.15) is 0 Å². The molecule has 3 aromatic rings. The number of hydrogen-bond donors (Lipinski definition) is 1. The first-order valence-electron chi connectivity index (χ1n) is 13.1. The predicted octanol–water partition coefficient (Wildman–Crippen LogP) is 4.23. The largest absolute Gasteiger partial charge is 0.340 e. The minimum Gasteiger partial charge on any atom is -0.340 e. The van der Waals surface area contributed by atoms with Gasteiger partial charge in [0.15, 0.2) is 0 Å². The molecule has 1 saturated heterocycles. The maximum atomic E-state index is 14.0. The van der Waals surface area contributed by atoms with E-state index < -0.39 is 5.41 Å². The highest BCUT2D eigenvalue weighted by molar-refractivity contribution is 6.10. The molecule has 3 amide bonds. The van der Waals surface area contributed by atoms with Gasteiger partial charge in [0, 0.05) is 25.6 Å². The third-order valence-corrected chi connectivity index (χ3v) is 7.91. The van der Waals surface area contributed by atoms with Gasteiger partial charge < -0.3 is 4.90 Å². The number of benzene rings is 2. The molecule has 0 bridgehead atoms. The first-order chi connectivity index (χ1) is 17.9. The number of imide groups is 1. The van der Waals surface area contributed by atoms with Crippen LogP contribution in [0.2, 0.25) is 0 Å². The molecule has 1 N–H and O–H groups in total. The van der Waals surface area contributed by atoms with Gasteiger partial charge in [0.05, 0.1) is 24.2 Å². The predicted molar refractivity (Wildman–Crippen MR) is 140 cm³/mol. The van der Waals surface area contributed by atoms with Gasteiger partial charge in [-0.05, 0) is 54.9 Å². The number of H-pyrrole nitrogens is 1. The molecule has 1 unspecified atom stereocenters. The number of aryl methyl sites for hydroxylation is 2. The highest BCUT2D eigenvalue weighted by atomic mass is 16.2. The summed E-state index contributed by atoms with van der Waals surface area (Å²) in [6.45, 7) is 2.52. The normalized spacial score (nSPS) is 19.6. The van der Waals surface area contributed by atoms with Crippen LogP contribution < -0.4 is 0 Å². The number of nitrogens with zero attached hydrogens (tertiary/aromatic N) is 3.